The van der Waals surface area contributed by atoms with E-state index in [1.807, 2.05) is 60.7 Å². The van der Waals surface area contributed by atoms with Crippen molar-refractivity contribution < 1.29 is 14.4 Å². The number of fused-ring (bicyclic) bond motifs is 1. The molecule has 28 heavy (non-hydrogen) atoms. The highest BCUT2D eigenvalue weighted by Gasteiger charge is 2.10. The molecule has 0 aliphatic heterocycles. The van der Waals surface area contributed by atoms with E-state index in [-0.39, 0.29) is 31.1 Å². The van der Waals surface area contributed by atoms with Gasteiger partial charge >= 0.3 is 0 Å². The second-order valence-electron chi connectivity index (χ2n) is 6.33. The summed E-state index contributed by atoms with van der Waals surface area (Å²) >= 11 is 0. The smallest absolute Gasteiger partial charge is 0.242 e. The number of amides is 3. The third-order valence-electron chi connectivity index (χ3n) is 4.21. The van der Waals surface area contributed by atoms with Crippen LogP contribution in [0.15, 0.2) is 72.8 Å². The minimum Gasteiger partial charge on any atom is -0.326 e. The van der Waals surface area contributed by atoms with E-state index < -0.39 is 5.91 Å². The molecule has 0 heterocycles. The number of rotatable bonds is 6. The Morgan fingerprint density at radius 3 is 2.11 bits per heavy atom. The lowest BCUT2D eigenvalue weighted by Gasteiger charge is -2.09. The minimum absolute atomic E-state index is 0.0206. The number of nitrogens with one attached hydrogen (secondary N) is 3. The molecule has 0 aliphatic carbocycles. The number of anilines is 1. The van der Waals surface area contributed by atoms with Crippen molar-refractivity contribution in [3.05, 3.63) is 78.4 Å². The molecule has 3 N–H and O–H groups in total. The molecule has 0 fully saturated rings. The topological polar surface area (TPSA) is 87.3 Å². The molecular formula is C22H21N3O3. The van der Waals surface area contributed by atoms with Crippen molar-refractivity contribution in [3.8, 4) is 0 Å². The summed E-state index contributed by atoms with van der Waals surface area (Å²) in [5.41, 5.74) is 6.31. The highest BCUT2D eigenvalue weighted by Crippen LogP contribution is 2.18. The van der Waals surface area contributed by atoms with Crippen molar-refractivity contribution in [3.63, 3.8) is 0 Å². The van der Waals surface area contributed by atoms with E-state index in [4.69, 9.17) is 0 Å². The maximum absolute atomic E-state index is 12.1. The van der Waals surface area contributed by atoms with Crippen LogP contribution in [0.5, 0.6) is 0 Å². The molecule has 0 saturated heterocycles. The maximum Gasteiger partial charge on any atom is 0.242 e. The number of para-hydroxylation sites is 1. The number of carbonyl (C=O) groups is 3. The van der Waals surface area contributed by atoms with E-state index >= 15 is 0 Å². The van der Waals surface area contributed by atoms with Crippen LogP contribution >= 0.6 is 0 Å². The van der Waals surface area contributed by atoms with E-state index in [1.54, 1.807) is 12.1 Å². The second-order valence-corrected chi connectivity index (χ2v) is 6.33. The molecule has 0 spiro atoms. The molecule has 142 valence electrons. The van der Waals surface area contributed by atoms with Gasteiger partial charge in [0, 0.05) is 18.5 Å². The van der Waals surface area contributed by atoms with Gasteiger partial charge in [0.2, 0.25) is 17.7 Å². The molecule has 3 aromatic carbocycles. The van der Waals surface area contributed by atoms with Crippen molar-refractivity contribution in [2.75, 3.05) is 5.32 Å². The predicted octanol–water partition coefficient (Wildman–Crippen LogP) is 2.95. The van der Waals surface area contributed by atoms with E-state index in [0.29, 0.717) is 5.69 Å². The Bertz CT molecular complexity index is 981. The molecule has 0 atom stereocenters. The molecule has 6 heteroatoms. The number of hydrogen-bond donors (Lipinski definition) is 3. The molecule has 3 rings (SSSR count). The SMILES string of the molecule is O=C(CCC(=O)Nc1ccccc1)NNC(=O)Cc1cccc2ccccc12. The van der Waals surface area contributed by atoms with Crippen molar-refractivity contribution >= 4 is 34.2 Å². The van der Waals surface area contributed by atoms with Crippen LogP contribution in [0.2, 0.25) is 0 Å². The average molecular weight is 375 g/mol. The van der Waals surface area contributed by atoms with Gasteiger partial charge < -0.3 is 5.32 Å². The third-order valence-corrected chi connectivity index (χ3v) is 4.21. The summed E-state index contributed by atoms with van der Waals surface area (Å²) in [7, 11) is 0. The Balaban J connectivity index is 1.43. The van der Waals surface area contributed by atoms with Crippen molar-refractivity contribution in [1.82, 2.24) is 10.9 Å². The number of hydrazine groups is 1. The van der Waals surface area contributed by atoms with Crippen LogP contribution in [0.1, 0.15) is 18.4 Å². The lowest BCUT2D eigenvalue weighted by atomic mass is 10.0. The second kappa shape index (κ2) is 9.32. The van der Waals surface area contributed by atoms with Crippen LogP contribution < -0.4 is 16.2 Å². The van der Waals surface area contributed by atoms with Crippen molar-refractivity contribution in [2.24, 2.45) is 0 Å². The fourth-order valence-electron chi connectivity index (χ4n) is 2.84. The van der Waals surface area contributed by atoms with E-state index in [1.165, 1.54) is 0 Å². The maximum atomic E-state index is 12.1. The Hall–Kier alpha value is -3.67. The van der Waals surface area contributed by atoms with Gasteiger partial charge in [-0.25, -0.2) is 0 Å². The fraction of sp³-hybridized carbons (Fsp3) is 0.136. The quantitative estimate of drug-likeness (QED) is 0.579. The zero-order chi connectivity index (χ0) is 19.8. The monoisotopic (exact) mass is 375 g/mol. The zero-order valence-electron chi connectivity index (χ0n) is 15.3. The fourth-order valence-corrected chi connectivity index (χ4v) is 2.84. The molecule has 0 bridgehead atoms. The molecule has 0 saturated carbocycles. The van der Waals surface area contributed by atoms with E-state index in [0.717, 1.165) is 16.3 Å². The van der Waals surface area contributed by atoms with Crippen LogP contribution in [0.4, 0.5) is 5.69 Å². The summed E-state index contributed by atoms with van der Waals surface area (Å²) < 4.78 is 0. The van der Waals surface area contributed by atoms with Crippen LogP contribution in [0.3, 0.4) is 0 Å². The average Bonchev–Trinajstić information content (AvgIpc) is 2.72. The van der Waals surface area contributed by atoms with Crippen molar-refractivity contribution in [1.29, 1.82) is 0 Å². The summed E-state index contributed by atoms with van der Waals surface area (Å²) in [5.74, 6) is -1.00. The highest BCUT2D eigenvalue weighted by molar-refractivity contribution is 5.94. The number of benzene rings is 3. The largest absolute Gasteiger partial charge is 0.326 e. The van der Waals surface area contributed by atoms with Crippen molar-refractivity contribution in [2.45, 2.75) is 19.3 Å². The van der Waals surface area contributed by atoms with Crippen LogP contribution in [-0.4, -0.2) is 17.7 Å². The van der Waals surface area contributed by atoms with Gasteiger partial charge in [0.05, 0.1) is 6.42 Å². The standard InChI is InChI=1S/C22H21N3O3/c26-20(23-18-10-2-1-3-11-18)13-14-21(27)24-25-22(28)15-17-9-6-8-16-7-4-5-12-19(16)17/h1-12H,13-15H2,(H,23,26)(H,24,27)(H,25,28). The van der Waals surface area contributed by atoms with Gasteiger partial charge in [-0.05, 0) is 28.5 Å². The Kier molecular flexibility index (Phi) is 6.36. The third kappa shape index (κ3) is 5.41. The molecule has 3 aromatic rings. The van der Waals surface area contributed by atoms with Gasteiger partial charge in [-0.3, -0.25) is 25.2 Å². The van der Waals surface area contributed by atoms with Crippen LogP contribution in [-0.2, 0) is 20.8 Å². The van der Waals surface area contributed by atoms with Gasteiger partial charge in [0.1, 0.15) is 0 Å². The molecule has 3 amide bonds. The molecule has 0 radical (unpaired) electrons. The van der Waals surface area contributed by atoms with E-state index in [2.05, 4.69) is 16.2 Å². The predicted molar refractivity (Wildman–Crippen MR) is 108 cm³/mol. The summed E-state index contributed by atoms with van der Waals surface area (Å²) in [5, 5.41) is 4.77. The first-order chi connectivity index (χ1) is 13.6. The first-order valence-electron chi connectivity index (χ1n) is 9.01. The minimum atomic E-state index is -0.422. The summed E-state index contributed by atoms with van der Waals surface area (Å²) in [6.07, 6.45) is 0.156. The summed E-state index contributed by atoms with van der Waals surface area (Å²) in [6, 6.07) is 22.6. The summed E-state index contributed by atoms with van der Waals surface area (Å²) in [6.45, 7) is 0. The first-order valence-corrected chi connectivity index (χ1v) is 9.01. The Morgan fingerprint density at radius 2 is 1.29 bits per heavy atom. The Morgan fingerprint density at radius 1 is 0.643 bits per heavy atom. The van der Waals surface area contributed by atoms with Crippen LogP contribution in [0.25, 0.3) is 10.8 Å². The molecule has 0 aliphatic rings. The number of carbonyl (C=O) groups excluding carboxylic acids is 3. The molecule has 0 unspecified atom stereocenters. The summed E-state index contributed by atoms with van der Waals surface area (Å²) in [4.78, 5) is 35.8. The zero-order valence-corrected chi connectivity index (χ0v) is 15.3. The molecule has 0 aromatic heterocycles. The highest BCUT2D eigenvalue weighted by atomic mass is 16.2. The van der Waals surface area contributed by atoms with Crippen LogP contribution in [0, 0.1) is 0 Å². The van der Waals surface area contributed by atoms with E-state index in [9.17, 15) is 14.4 Å². The lowest BCUT2D eigenvalue weighted by Crippen LogP contribution is -2.42. The lowest BCUT2D eigenvalue weighted by molar-refractivity contribution is -0.129. The van der Waals surface area contributed by atoms with Gasteiger partial charge in [-0.1, -0.05) is 60.7 Å². The van der Waals surface area contributed by atoms with Gasteiger partial charge in [-0.2, -0.15) is 0 Å². The normalized spacial score (nSPS) is 10.3. The number of hydrogen-bond acceptors (Lipinski definition) is 3. The molecular weight excluding hydrogens is 354 g/mol. The van der Waals surface area contributed by atoms with Gasteiger partial charge in [0.15, 0.2) is 0 Å². The Labute approximate surface area is 162 Å². The first kappa shape index (κ1) is 19.1. The van der Waals surface area contributed by atoms with Gasteiger partial charge in [-0.15, -0.1) is 0 Å². The van der Waals surface area contributed by atoms with Gasteiger partial charge in [0.25, 0.3) is 0 Å². The molecule has 6 nitrogen and oxygen atoms in total.